The number of ketones is 2. The summed E-state index contributed by atoms with van der Waals surface area (Å²) in [6.07, 6.45) is 2.01. The molecule has 0 saturated carbocycles. The van der Waals surface area contributed by atoms with Gasteiger partial charge in [-0.1, -0.05) is 69.4 Å². The Bertz CT molecular complexity index is 2850. The van der Waals surface area contributed by atoms with Crippen molar-refractivity contribution < 1.29 is 28.5 Å². The summed E-state index contributed by atoms with van der Waals surface area (Å²) >= 11 is 2.70. The highest BCUT2D eigenvalue weighted by Crippen LogP contribution is 2.51. The number of H-pyrrole nitrogens is 2. The third kappa shape index (κ3) is 7.23. The molecule has 4 aliphatic heterocycles. The van der Waals surface area contributed by atoms with Crippen LogP contribution in [0.1, 0.15) is 98.9 Å². The summed E-state index contributed by atoms with van der Waals surface area (Å²) in [6, 6.07) is 16.8. The molecule has 2 aliphatic carbocycles. The van der Waals surface area contributed by atoms with Crippen molar-refractivity contribution in [3.05, 3.63) is 131 Å². The van der Waals surface area contributed by atoms with Gasteiger partial charge in [0, 0.05) is 58.7 Å². The number of nitrogens with one attached hydrogen (secondary N) is 4. The van der Waals surface area contributed by atoms with Crippen molar-refractivity contribution >= 4 is 46.7 Å². The van der Waals surface area contributed by atoms with E-state index in [-0.39, 0.29) is 47.1 Å². The average Bonchev–Trinajstić information content (AvgIpc) is 3.92. The number of aromatic amines is 2. The molecule has 3 aromatic heterocycles. The number of nitrogens with zero attached hydrogens (tertiary/aromatic N) is 3. The average molecular weight is 898 g/mol. The van der Waals surface area contributed by atoms with Crippen molar-refractivity contribution in [1.29, 1.82) is 0 Å². The number of carbonyl (C=O) groups is 2. The maximum Gasteiger partial charge on any atom is 0.257 e. The first-order valence-electron chi connectivity index (χ1n) is 21.1. The van der Waals surface area contributed by atoms with Crippen LogP contribution in [0.5, 0.6) is 23.0 Å². The van der Waals surface area contributed by atoms with Crippen LogP contribution in [0.3, 0.4) is 0 Å². The van der Waals surface area contributed by atoms with Crippen LogP contribution in [0.15, 0.2) is 97.0 Å². The third-order valence-electron chi connectivity index (χ3n) is 12.4. The summed E-state index contributed by atoms with van der Waals surface area (Å²) in [5, 5.41) is 7.62. The van der Waals surface area contributed by atoms with Crippen LogP contribution >= 0.6 is 23.5 Å². The fourth-order valence-corrected chi connectivity index (χ4v) is 11.3. The van der Waals surface area contributed by atoms with Crippen LogP contribution in [-0.4, -0.2) is 50.1 Å². The van der Waals surface area contributed by atoms with Gasteiger partial charge < -0.3 is 39.5 Å². The first kappa shape index (κ1) is 40.4. The number of pyridine rings is 1. The Labute approximate surface area is 375 Å². The number of hydrogen-bond acceptors (Lipinski definition) is 15. The second-order valence-corrected chi connectivity index (χ2v) is 20.4. The minimum Gasteiger partial charge on any atom is -0.454 e. The zero-order valence-electron chi connectivity index (χ0n) is 35.4. The van der Waals surface area contributed by atoms with E-state index in [0.29, 0.717) is 104 Å². The highest BCUT2D eigenvalue weighted by molar-refractivity contribution is 7.98. The number of benzene rings is 2. The Morgan fingerprint density at radius 3 is 1.47 bits per heavy atom. The van der Waals surface area contributed by atoms with Crippen molar-refractivity contribution in [3.8, 4) is 23.0 Å². The molecule has 2 atom stereocenters. The number of rotatable bonds is 8. The van der Waals surface area contributed by atoms with E-state index >= 15 is 0 Å². The Hall–Kier alpha value is -6.33. The second-order valence-electron chi connectivity index (χ2n) is 18.5. The number of aromatic nitrogens is 5. The topological polar surface area (TPSA) is 200 Å². The van der Waals surface area contributed by atoms with Crippen molar-refractivity contribution in [2.75, 3.05) is 24.2 Å². The van der Waals surface area contributed by atoms with Crippen molar-refractivity contribution in [1.82, 2.24) is 24.9 Å². The molecule has 5 aromatic rings. The van der Waals surface area contributed by atoms with Crippen LogP contribution in [0, 0.1) is 10.8 Å². The van der Waals surface area contributed by atoms with Crippen LogP contribution < -0.4 is 40.7 Å². The van der Waals surface area contributed by atoms with E-state index in [9.17, 15) is 19.2 Å². The van der Waals surface area contributed by atoms with Gasteiger partial charge in [0.2, 0.25) is 13.6 Å². The number of carbonyl (C=O) groups excluding carboxylic acids is 2. The molecule has 7 heterocycles. The van der Waals surface area contributed by atoms with Gasteiger partial charge in [0.1, 0.15) is 11.6 Å². The molecule has 17 heteroatoms. The van der Waals surface area contributed by atoms with Crippen LogP contribution in [0.2, 0.25) is 0 Å². The summed E-state index contributed by atoms with van der Waals surface area (Å²) in [5.41, 5.74) is 5.36. The van der Waals surface area contributed by atoms with Gasteiger partial charge in [-0.2, -0.15) is 0 Å². The predicted molar refractivity (Wildman–Crippen MR) is 239 cm³/mol. The molecule has 0 amide bonds. The Morgan fingerprint density at radius 1 is 0.578 bits per heavy atom. The fourth-order valence-electron chi connectivity index (χ4n) is 9.75. The smallest absolute Gasteiger partial charge is 0.257 e. The molecule has 0 fully saturated rings. The molecule has 0 spiro atoms. The summed E-state index contributed by atoms with van der Waals surface area (Å²) in [6.45, 7) is 8.50. The van der Waals surface area contributed by atoms with Crippen molar-refractivity contribution in [2.24, 2.45) is 10.8 Å². The van der Waals surface area contributed by atoms with E-state index in [1.54, 1.807) is 0 Å². The van der Waals surface area contributed by atoms with Gasteiger partial charge in [-0.05, 0) is 71.2 Å². The molecule has 15 nitrogen and oxygen atoms in total. The first-order chi connectivity index (χ1) is 30.8. The molecule has 6 aliphatic rings. The lowest BCUT2D eigenvalue weighted by Gasteiger charge is -2.38. The van der Waals surface area contributed by atoms with Crippen molar-refractivity contribution in [2.45, 2.75) is 87.0 Å². The molecule has 64 heavy (non-hydrogen) atoms. The lowest BCUT2D eigenvalue weighted by atomic mass is 9.69. The second kappa shape index (κ2) is 15.1. The van der Waals surface area contributed by atoms with Gasteiger partial charge in [-0.3, -0.25) is 24.2 Å². The van der Waals surface area contributed by atoms with E-state index in [4.69, 9.17) is 33.9 Å². The zero-order chi connectivity index (χ0) is 44.1. The SMILES string of the molecule is CC1(C)CC(=O)C2=C(C1)Nc1nc(SCc3cccc(CSc4nc5c(c(=O)[nH]4)C(c4ccc6c(c4)OCO6)C4=C(CC(C)(C)CC4=O)N5)n3)[nH]c(=O)c1C2c1ccc2c(c1)OCO2. The number of fused-ring (bicyclic) bond motifs is 4. The molecule has 2 aromatic carbocycles. The van der Waals surface area contributed by atoms with E-state index in [0.717, 1.165) is 33.9 Å². The molecule has 2 unspecified atom stereocenters. The maximum atomic E-state index is 14.0. The molecule has 0 saturated heterocycles. The Balaban J connectivity index is 0.831. The van der Waals surface area contributed by atoms with Crippen LogP contribution in [0.4, 0.5) is 11.6 Å². The minimum absolute atomic E-state index is 0.00299. The maximum absolute atomic E-state index is 14.0. The number of anilines is 2. The number of Topliss-reactive ketones (excluding diaryl/α,β-unsaturated/α-hetero) is 2. The van der Waals surface area contributed by atoms with E-state index < -0.39 is 11.8 Å². The van der Waals surface area contributed by atoms with E-state index in [2.05, 4.69) is 48.3 Å². The summed E-state index contributed by atoms with van der Waals surface area (Å²) in [4.78, 5) is 76.2. The highest BCUT2D eigenvalue weighted by Gasteiger charge is 2.44. The number of hydrogen-bond donors (Lipinski definition) is 4. The van der Waals surface area contributed by atoms with Gasteiger partial charge in [-0.15, -0.1) is 0 Å². The Kier molecular flexibility index (Phi) is 9.57. The standard InChI is InChI=1S/C47H43N7O8S2/c1-46(2)14-26-36(28(55)16-46)34(22-8-10-30-32(12-22)61-20-59-30)38-40(49-26)51-44(53-42(38)57)63-18-24-6-5-7-25(48-24)19-64-45-52-41-39(43(58)54-45)35(23-9-11-31-33(13-23)62-21-60-31)37-27(50-41)15-47(3,4)17-29(37)56/h5-13,34-35H,14-21H2,1-4H3,(H2,49,51,53,57)(H2,50,52,54,58). The van der Waals surface area contributed by atoms with Crippen LogP contribution in [-0.2, 0) is 21.1 Å². The molecule has 326 valence electrons. The number of ether oxygens (including phenoxy) is 4. The summed E-state index contributed by atoms with van der Waals surface area (Å²) in [7, 11) is 0. The predicted octanol–water partition coefficient (Wildman–Crippen LogP) is 7.69. The molecular weight excluding hydrogens is 855 g/mol. The highest BCUT2D eigenvalue weighted by atomic mass is 32.2. The van der Waals surface area contributed by atoms with Crippen molar-refractivity contribution in [3.63, 3.8) is 0 Å². The monoisotopic (exact) mass is 897 g/mol. The van der Waals surface area contributed by atoms with E-state index in [1.807, 2.05) is 54.6 Å². The molecule has 0 radical (unpaired) electrons. The summed E-state index contributed by atoms with van der Waals surface area (Å²) in [5.74, 6) is 2.81. The van der Waals surface area contributed by atoms with Gasteiger partial charge >= 0.3 is 0 Å². The molecule has 0 bridgehead atoms. The minimum atomic E-state index is -0.625. The lowest BCUT2D eigenvalue weighted by Crippen LogP contribution is -2.37. The quantitative estimate of drug-likeness (QED) is 0.0872. The normalized spacial score (nSPS) is 20.8. The fraction of sp³-hybridized carbons (Fsp3) is 0.340. The van der Waals surface area contributed by atoms with Gasteiger partial charge in [0.15, 0.2) is 44.9 Å². The Morgan fingerprint density at radius 2 is 1.02 bits per heavy atom. The van der Waals surface area contributed by atoms with Crippen LogP contribution in [0.25, 0.3) is 0 Å². The van der Waals surface area contributed by atoms with Gasteiger partial charge in [-0.25, -0.2) is 9.97 Å². The number of thioether (sulfide) groups is 2. The molecular formula is C47H43N7O8S2. The van der Waals surface area contributed by atoms with Gasteiger partial charge in [0.25, 0.3) is 11.1 Å². The molecule has 11 rings (SSSR count). The lowest BCUT2D eigenvalue weighted by molar-refractivity contribution is -0.119. The van der Waals surface area contributed by atoms with Gasteiger partial charge in [0.05, 0.1) is 22.5 Å². The number of allylic oxidation sites excluding steroid dienone is 4. The largest absolute Gasteiger partial charge is 0.454 e. The third-order valence-corrected chi connectivity index (χ3v) is 14.3. The summed E-state index contributed by atoms with van der Waals surface area (Å²) < 4.78 is 22.4. The first-order valence-corrected chi connectivity index (χ1v) is 23.1. The zero-order valence-corrected chi connectivity index (χ0v) is 37.1. The van der Waals surface area contributed by atoms with E-state index in [1.165, 1.54) is 23.5 Å². The molecule has 4 N–H and O–H groups in total.